The third kappa shape index (κ3) is 17.9. The summed E-state index contributed by atoms with van der Waals surface area (Å²) in [5.74, 6) is 0. The molecule has 0 aliphatic rings. The Balaban J connectivity index is 0. The number of rotatable bonds is 14. The molecule has 4 nitrogen and oxygen atoms in total. The van der Waals surface area contributed by atoms with Gasteiger partial charge in [-0.1, -0.05) is 53.4 Å². The number of aliphatic hydroxyl groups is 2. The average molecular weight is 321 g/mol. The van der Waals surface area contributed by atoms with Crippen LogP contribution in [0.5, 0.6) is 0 Å². The van der Waals surface area contributed by atoms with Crippen molar-refractivity contribution in [2.24, 2.45) is 0 Å². The molecule has 0 bridgehead atoms. The minimum atomic E-state index is 0.0278. The topological polar surface area (TPSA) is 58.9 Å². The van der Waals surface area contributed by atoms with E-state index >= 15 is 0 Å². The standard InChI is InChI=1S/C14H30O.C4H10O3/c1-5-9-13(10-6-2)15-14(11-7-3)12-8-4;5-1-3-7-4-2-6/h13-14H,5-12H2,1-4H3;5-6H,1-4H2. The Morgan fingerprint density at radius 1 is 0.636 bits per heavy atom. The van der Waals surface area contributed by atoms with Crippen LogP contribution < -0.4 is 0 Å². The van der Waals surface area contributed by atoms with Crippen LogP contribution in [-0.4, -0.2) is 48.8 Å². The third-order valence-corrected chi connectivity index (χ3v) is 3.30. The summed E-state index contributed by atoms with van der Waals surface area (Å²) >= 11 is 0. The lowest BCUT2D eigenvalue weighted by molar-refractivity contribution is -0.0292. The number of hydrogen-bond donors (Lipinski definition) is 2. The smallest absolute Gasteiger partial charge is 0.0698 e. The van der Waals surface area contributed by atoms with Crippen molar-refractivity contribution in [1.82, 2.24) is 0 Å². The number of ether oxygens (including phenoxy) is 2. The third-order valence-electron chi connectivity index (χ3n) is 3.30. The van der Waals surface area contributed by atoms with Crippen LogP contribution in [0, 0.1) is 0 Å². The van der Waals surface area contributed by atoms with Gasteiger partial charge in [0.2, 0.25) is 0 Å². The van der Waals surface area contributed by atoms with Crippen LogP contribution in [0.25, 0.3) is 0 Å². The summed E-state index contributed by atoms with van der Waals surface area (Å²) in [4.78, 5) is 0. The lowest BCUT2D eigenvalue weighted by Gasteiger charge is -2.24. The van der Waals surface area contributed by atoms with Gasteiger partial charge in [0.15, 0.2) is 0 Å². The molecule has 0 aliphatic heterocycles. The van der Waals surface area contributed by atoms with E-state index in [1.165, 1.54) is 51.4 Å². The predicted octanol–water partition coefficient (Wildman–Crippen LogP) is 3.93. The first kappa shape index (κ1) is 24.1. The largest absolute Gasteiger partial charge is 0.394 e. The molecule has 0 saturated heterocycles. The molecule has 2 N–H and O–H groups in total. The maximum Gasteiger partial charge on any atom is 0.0698 e. The van der Waals surface area contributed by atoms with Gasteiger partial charge in [-0.2, -0.15) is 0 Å². The summed E-state index contributed by atoms with van der Waals surface area (Å²) in [5.41, 5.74) is 0. The number of aliphatic hydroxyl groups excluding tert-OH is 2. The van der Waals surface area contributed by atoms with E-state index in [1.54, 1.807) is 0 Å². The molecule has 0 aliphatic carbocycles. The summed E-state index contributed by atoms with van der Waals surface area (Å²) in [7, 11) is 0. The van der Waals surface area contributed by atoms with E-state index in [2.05, 4.69) is 32.4 Å². The van der Waals surface area contributed by atoms with Crippen molar-refractivity contribution in [2.45, 2.75) is 91.3 Å². The van der Waals surface area contributed by atoms with Gasteiger partial charge in [0.1, 0.15) is 0 Å². The van der Waals surface area contributed by atoms with Crippen molar-refractivity contribution in [1.29, 1.82) is 0 Å². The van der Waals surface area contributed by atoms with Gasteiger partial charge >= 0.3 is 0 Å². The fraction of sp³-hybridized carbons (Fsp3) is 1.00. The van der Waals surface area contributed by atoms with Crippen LogP contribution in [0.4, 0.5) is 0 Å². The highest BCUT2D eigenvalue weighted by atomic mass is 16.5. The van der Waals surface area contributed by atoms with Crippen molar-refractivity contribution < 1.29 is 19.7 Å². The molecule has 0 rings (SSSR count). The second-order valence-electron chi connectivity index (χ2n) is 5.59. The Hall–Kier alpha value is -0.160. The second kappa shape index (κ2) is 20.8. The van der Waals surface area contributed by atoms with Crippen LogP contribution >= 0.6 is 0 Å². The first-order valence-corrected chi connectivity index (χ1v) is 9.14. The molecule has 0 radical (unpaired) electrons. The monoisotopic (exact) mass is 320 g/mol. The summed E-state index contributed by atoms with van der Waals surface area (Å²) in [6.45, 7) is 9.70. The Labute approximate surface area is 138 Å². The van der Waals surface area contributed by atoms with Crippen molar-refractivity contribution in [3.05, 3.63) is 0 Å². The lowest BCUT2D eigenvalue weighted by Crippen LogP contribution is -2.22. The molecule has 0 atom stereocenters. The van der Waals surface area contributed by atoms with Gasteiger partial charge < -0.3 is 19.7 Å². The van der Waals surface area contributed by atoms with E-state index < -0.39 is 0 Å². The molecule has 0 spiro atoms. The van der Waals surface area contributed by atoms with Crippen molar-refractivity contribution >= 4 is 0 Å². The van der Waals surface area contributed by atoms with Crippen LogP contribution in [0.2, 0.25) is 0 Å². The van der Waals surface area contributed by atoms with E-state index in [0.29, 0.717) is 25.4 Å². The highest BCUT2D eigenvalue weighted by Gasteiger charge is 2.14. The predicted molar refractivity (Wildman–Crippen MR) is 93.3 cm³/mol. The minimum Gasteiger partial charge on any atom is -0.394 e. The molecule has 0 saturated carbocycles. The maximum absolute atomic E-state index is 8.09. The van der Waals surface area contributed by atoms with Gasteiger partial charge in [0.25, 0.3) is 0 Å². The van der Waals surface area contributed by atoms with E-state index in [9.17, 15) is 0 Å². The molecule has 0 aromatic rings. The highest BCUT2D eigenvalue weighted by molar-refractivity contribution is 4.63. The highest BCUT2D eigenvalue weighted by Crippen LogP contribution is 2.17. The Morgan fingerprint density at radius 3 is 1.18 bits per heavy atom. The quantitative estimate of drug-likeness (QED) is 0.476. The zero-order chi connectivity index (χ0) is 17.1. The van der Waals surface area contributed by atoms with E-state index in [4.69, 9.17) is 14.9 Å². The fourth-order valence-corrected chi connectivity index (χ4v) is 2.35. The summed E-state index contributed by atoms with van der Waals surface area (Å²) in [6.07, 6.45) is 11.0. The Bertz CT molecular complexity index is 158. The van der Waals surface area contributed by atoms with Crippen LogP contribution in [0.15, 0.2) is 0 Å². The normalized spacial score (nSPS) is 10.9. The zero-order valence-corrected chi connectivity index (χ0v) is 15.4. The van der Waals surface area contributed by atoms with Crippen molar-refractivity contribution in [3.63, 3.8) is 0 Å². The molecule has 136 valence electrons. The molecule has 0 aromatic heterocycles. The maximum atomic E-state index is 8.09. The van der Waals surface area contributed by atoms with Gasteiger partial charge in [-0.15, -0.1) is 0 Å². The van der Waals surface area contributed by atoms with Crippen LogP contribution in [-0.2, 0) is 9.47 Å². The zero-order valence-electron chi connectivity index (χ0n) is 15.4. The molecular weight excluding hydrogens is 280 g/mol. The lowest BCUT2D eigenvalue weighted by atomic mass is 10.1. The number of hydrogen-bond acceptors (Lipinski definition) is 4. The van der Waals surface area contributed by atoms with Gasteiger partial charge in [-0.25, -0.2) is 0 Å². The Kier molecular flexibility index (Phi) is 22.8. The van der Waals surface area contributed by atoms with Gasteiger partial charge in [0.05, 0.1) is 38.6 Å². The molecule has 0 heterocycles. The first-order valence-electron chi connectivity index (χ1n) is 9.14. The van der Waals surface area contributed by atoms with Crippen molar-refractivity contribution in [3.8, 4) is 0 Å². The molecule has 0 aromatic carbocycles. The van der Waals surface area contributed by atoms with Gasteiger partial charge in [-0.05, 0) is 25.7 Å². The molecule has 0 fully saturated rings. The minimum absolute atomic E-state index is 0.0278. The van der Waals surface area contributed by atoms with E-state index in [1.807, 2.05) is 0 Å². The summed E-state index contributed by atoms with van der Waals surface area (Å²) in [6, 6.07) is 0. The van der Waals surface area contributed by atoms with Crippen molar-refractivity contribution in [2.75, 3.05) is 26.4 Å². The van der Waals surface area contributed by atoms with Gasteiger partial charge in [-0.3, -0.25) is 0 Å². The van der Waals surface area contributed by atoms with E-state index in [0.717, 1.165) is 0 Å². The average Bonchev–Trinajstić information content (AvgIpc) is 2.49. The molecule has 4 heteroatoms. The fourth-order valence-electron chi connectivity index (χ4n) is 2.35. The summed E-state index contributed by atoms with van der Waals surface area (Å²) < 4.78 is 10.8. The van der Waals surface area contributed by atoms with E-state index in [-0.39, 0.29) is 13.2 Å². The Morgan fingerprint density at radius 2 is 0.955 bits per heavy atom. The second-order valence-corrected chi connectivity index (χ2v) is 5.59. The molecular formula is C18H40O4. The van der Waals surface area contributed by atoms with Gasteiger partial charge in [0, 0.05) is 0 Å². The van der Waals surface area contributed by atoms with Crippen LogP contribution in [0.1, 0.15) is 79.1 Å². The van der Waals surface area contributed by atoms with Crippen LogP contribution in [0.3, 0.4) is 0 Å². The molecule has 22 heavy (non-hydrogen) atoms. The molecule has 0 amide bonds. The first-order chi connectivity index (χ1) is 10.7. The molecule has 0 unspecified atom stereocenters. The SMILES string of the molecule is CCCC(CCC)OC(CCC)CCC.OCCOCCO. The summed E-state index contributed by atoms with van der Waals surface area (Å²) in [5, 5.41) is 16.2.